The van der Waals surface area contributed by atoms with E-state index >= 15 is 0 Å². The fraction of sp³-hybridized carbons (Fsp3) is 0.450. The summed E-state index contributed by atoms with van der Waals surface area (Å²) in [6, 6.07) is 3.61. The van der Waals surface area contributed by atoms with Crippen LogP contribution >= 0.6 is 11.3 Å². The Morgan fingerprint density at radius 3 is 2.77 bits per heavy atom. The first-order chi connectivity index (χ1) is 14.5. The fourth-order valence-electron chi connectivity index (χ4n) is 3.46. The van der Waals surface area contributed by atoms with E-state index in [-0.39, 0.29) is 24.5 Å². The van der Waals surface area contributed by atoms with Crippen molar-refractivity contribution >= 4 is 22.4 Å². The number of anilines is 1. The number of ether oxygens (including phenoxy) is 1. The maximum Gasteiger partial charge on any atom is 0.227 e. The van der Waals surface area contributed by atoms with Crippen molar-refractivity contribution in [1.29, 1.82) is 0 Å². The minimum Gasteiger partial charge on any atom is -0.373 e. The predicted octanol–water partition coefficient (Wildman–Crippen LogP) is 2.77. The lowest BCUT2D eigenvalue weighted by molar-refractivity contribution is -0.116. The van der Waals surface area contributed by atoms with Gasteiger partial charge in [-0.2, -0.15) is 4.98 Å². The van der Waals surface area contributed by atoms with E-state index in [2.05, 4.69) is 44.2 Å². The number of carbonyl (C=O) groups excluding carboxylic acids is 1. The van der Waals surface area contributed by atoms with Crippen LogP contribution in [0.25, 0.3) is 11.4 Å². The molecular weight excluding hydrogens is 404 g/mol. The van der Waals surface area contributed by atoms with Gasteiger partial charge in [0.1, 0.15) is 0 Å². The number of aryl methyl sites for hydroxylation is 1. The first-order valence-electron chi connectivity index (χ1n) is 9.90. The lowest BCUT2D eigenvalue weighted by Crippen LogP contribution is -2.44. The minimum absolute atomic E-state index is 0.131. The molecule has 30 heavy (non-hydrogen) atoms. The van der Waals surface area contributed by atoms with E-state index in [1.807, 2.05) is 5.38 Å². The smallest absolute Gasteiger partial charge is 0.227 e. The zero-order chi connectivity index (χ0) is 20.9. The third kappa shape index (κ3) is 5.47. The molecule has 2 atom stereocenters. The van der Waals surface area contributed by atoms with Crippen molar-refractivity contribution in [2.75, 3.05) is 18.4 Å². The maximum atomic E-state index is 12.3. The molecule has 10 heteroatoms. The number of pyridine rings is 1. The van der Waals surface area contributed by atoms with E-state index in [0.29, 0.717) is 23.3 Å². The van der Waals surface area contributed by atoms with E-state index in [9.17, 15) is 4.79 Å². The SMILES string of the molecule is CC1CN(Cc2csc(NC(=O)CCc3nc(-c4ccncc4)no3)n2)CC(C)O1. The molecule has 0 aliphatic carbocycles. The van der Waals surface area contributed by atoms with Crippen molar-refractivity contribution in [3.63, 3.8) is 0 Å². The van der Waals surface area contributed by atoms with Crippen molar-refractivity contribution in [2.24, 2.45) is 0 Å². The van der Waals surface area contributed by atoms with E-state index in [1.54, 1.807) is 24.5 Å². The molecule has 0 bridgehead atoms. The van der Waals surface area contributed by atoms with Gasteiger partial charge in [0.25, 0.3) is 0 Å². The number of thiazole rings is 1. The molecule has 4 heterocycles. The Bertz CT molecular complexity index is 966. The summed E-state index contributed by atoms with van der Waals surface area (Å²) in [6.45, 7) is 6.69. The van der Waals surface area contributed by atoms with Gasteiger partial charge in [-0.15, -0.1) is 11.3 Å². The van der Waals surface area contributed by atoms with Crippen molar-refractivity contribution in [3.05, 3.63) is 41.5 Å². The molecule has 3 aromatic rings. The van der Waals surface area contributed by atoms with Gasteiger partial charge in [-0.3, -0.25) is 14.7 Å². The first kappa shape index (κ1) is 20.6. The zero-order valence-corrected chi connectivity index (χ0v) is 17.8. The Balaban J connectivity index is 1.25. The molecule has 0 aromatic carbocycles. The average molecular weight is 429 g/mol. The fourth-order valence-corrected chi connectivity index (χ4v) is 4.17. The van der Waals surface area contributed by atoms with Crippen LogP contribution in [0.5, 0.6) is 0 Å². The zero-order valence-electron chi connectivity index (χ0n) is 16.9. The van der Waals surface area contributed by atoms with Crippen LogP contribution in [-0.2, 0) is 22.5 Å². The number of morpholine rings is 1. The van der Waals surface area contributed by atoms with Crippen LogP contribution in [0.4, 0.5) is 5.13 Å². The van der Waals surface area contributed by atoms with Crippen LogP contribution in [0.15, 0.2) is 34.4 Å². The van der Waals surface area contributed by atoms with Gasteiger partial charge in [-0.1, -0.05) is 5.16 Å². The van der Waals surface area contributed by atoms with Crippen molar-refractivity contribution in [3.8, 4) is 11.4 Å². The van der Waals surface area contributed by atoms with Crippen molar-refractivity contribution < 1.29 is 14.1 Å². The summed E-state index contributed by atoms with van der Waals surface area (Å²) in [7, 11) is 0. The Morgan fingerprint density at radius 2 is 2.00 bits per heavy atom. The monoisotopic (exact) mass is 428 g/mol. The third-order valence-corrected chi connectivity index (χ3v) is 5.46. The topological polar surface area (TPSA) is 106 Å². The summed E-state index contributed by atoms with van der Waals surface area (Å²) < 4.78 is 11.0. The number of nitrogens with zero attached hydrogens (tertiary/aromatic N) is 5. The van der Waals surface area contributed by atoms with Gasteiger partial charge in [0, 0.05) is 55.8 Å². The first-order valence-corrected chi connectivity index (χ1v) is 10.8. The standard InChI is InChI=1S/C20H24N6O3S/c1-13-9-26(10-14(2)28-13)11-16-12-30-20(22-16)23-17(27)3-4-18-24-19(25-29-18)15-5-7-21-8-6-15/h5-8,12-14H,3-4,9-11H2,1-2H3,(H,22,23,27). The van der Waals surface area contributed by atoms with Gasteiger partial charge in [0.2, 0.25) is 17.6 Å². The highest BCUT2D eigenvalue weighted by Crippen LogP contribution is 2.20. The third-order valence-electron chi connectivity index (χ3n) is 4.65. The van der Waals surface area contributed by atoms with Gasteiger partial charge in [0.15, 0.2) is 5.13 Å². The Morgan fingerprint density at radius 1 is 1.23 bits per heavy atom. The van der Waals surface area contributed by atoms with Crippen LogP contribution in [0.3, 0.4) is 0 Å². The average Bonchev–Trinajstić information content (AvgIpc) is 3.36. The molecule has 1 fully saturated rings. The molecule has 1 amide bonds. The number of carbonyl (C=O) groups is 1. The van der Waals surface area contributed by atoms with E-state index in [4.69, 9.17) is 9.26 Å². The Hall–Kier alpha value is -2.69. The van der Waals surface area contributed by atoms with Crippen molar-refractivity contribution in [2.45, 2.75) is 45.4 Å². The quantitative estimate of drug-likeness (QED) is 0.612. The summed E-state index contributed by atoms with van der Waals surface area (Å²) in [5.41, 5.74) is 1.78. The molecular formula is C20H24N6O3S. The lowest BCUT2D eigenvalue weighted by Gasteiger charge is -2.34. The summed E-state index contributed by atoms with van der Waals surface area (Å²) in [4.78, 5) is 27.4. The Kier molecular flexibility index (Phi) is 6.46. The normalized spacial score (nSPS) is 19.7. The molecule has 1 N–H and O–H groups in total. The van der Waals surface area contributed by atoms with Gasteiger partial charge in [0.05, 0.1) is 17.9 Å². The number of aromatic nitrogens is 4. The van der Waals surface area contributed by atoms with Gasteiger partial charge in [-0.25, -0.2) is 4.98 Å². The summed E-state index contributed by atoms with van der Waals surface area (Å²) in [5, 5.41) is 9.39. The molecule has 1 aliphatic heterocycles. The highest BCUT2D eigenvalue weighted by molar-refractivity contribution is 7.13. The number of amides is 1. The Labute approximate surface area is 178 Å². The molecule has 3 aromatic heterocycles. The number of rotatable bonds is 7. The number of hydrogen-bond acceptors (Lipinski definition) is 9. The van der Waals surface area contributed by atoms with Gasteiger partial charge in [-0.05, 0) is 26.0 Å². The molecule has 0 spiro atoms. The van der Waals surface area contributed by atoms with Crippen LogP contribution in [0.1, 0.15) is 31.9 Å². The van der Waals surface area contributed by atoms with Crippen molar-refractivity contribution in [1.82, 2.24) is 25.0 Å². The molecule has 0 radical (unpaired) electrons. The van der Waals surface area contributed by atoms with Crippen LogP contribution in [-0.4, -0.2) is 56.2 Å². The molecule has 158 valence electrons. The molecule has 1 saturated heterocycles. The summed E-state index contributed by atoms with van der Waals surface area (Å²) in [6.07, 6.45) is 4.38. The second-order valence-electron chi connectivity index (χ2n) is 7.39. The minimum atomic E-state index is -0.131. The molecule has 2 unspecified atom stereocenters. The van der Waals surface area contributed by atoms with E-state index < -0.39 is 0 Å². The van der Waals surface area contributed by atoms with Gasteiger partial charge >= 0.3 is 0 Å². The summed E-state index contributed by atoms with van der Waals surface area (Å²) >= 11 is 1.43. The predicted molar refractivity (Wildman–Crippen MR) is 112 cm³/mol. The van der Waals surface area contributed by atoms with Crippen LogP contribution < -0.4 is 5.32 Å². The molecule has 0 saturated carbocycles. The number of hydrogen-bond donors (Lipinski definition) is 1. The lowest BCUT2D eigenvalue weighted by atomic mass is 10.2. The summed E-state index contributed by atoms with van der Waals surface area (Å²) in [5.74, 6) is 0.782. The van der Waals surface area contributed by atoms with Gasteiger partial charge < -0.3 is 14.6 Å². The van der Waals surface area contributed by atoms with Crippen LogP contribution in [0.2, 0.25) is 0 Å². The maximum absolute atomic E-state index is 12.3. The second-order valence-corrected chi connectivity index (χ2v) is 8.25. The van der Waals surface area contributed by atoms with Crippen LogP contribution in [0, 0.1) is 0 Å². The molecule has 1 aliphatic rings. The molecule has 9 nitrogen and oxygen atoms in total. The van der Waals surface area contributed by atoms with E-state index in [1.165, 1.54) is 11.3 Å². The second kappa shape index (κ2) is 9.41. The highest BCUT2D eigenvalue weighted by Gasteiger charge is 2.22. The highest BCUT2D eigenvalue weighted by atomic mass is 32.1. The largest absolute Gasteiger partial charge is 0.373 e. The van der Waals surface area contributed by atoms with E-state index in [0.717, 1.165) is 30.9 Å². The molecule has 4 rings (SSSR count). The number of nitrogens with one attached hydrogen (secondary N) is 1.